The molecule has 1 aromatic rings. The third-order valence-corrected chi connectivity index (χ3v) is 5.03. The number of hydrogen-bond acceptors (Lipinski definition) is 3. The second-order valence-corrected chi connectivity index (χ2v) is 7.80. The maximum atomic E-state index is 4.70. The van der Waals surface area contributed by atoms with Gasteiger partial charge in [-0.25, -0.2) is 4.99 Å². The van der Waals surface area contributed by atoms with Crippen molar-refractivity contribution >= 4 is 47.4 Å². The van der Waals surface area contributed by atoms with Crippen LogP contribution < -0.4 is 15.5 Å². The summed E-state index contributed by atoms with van der Waals surface area (Å²) in [7, 11) is 0. The summed E-state index contributed by atoms with van der Waals surface area (Å²) in [5.74, 6) is 4.09. The number of aliphatic imine (C=N–C) groups is 1. The fourth-order valence-electron chi connectivity index (χ4n) is 2.63. The Hall–Kier alpha value is -0.630. The molecule has 0 saturated carbocycles. The van der Waals surface area contributed by atoms with E-state index in [0.29, 0.717) is 12.5 Å². The highest BCUT2D eigenvalue weighted by Gasteiger charge is 2.10. The molecular formula is C19H33IN4S. The van der Waals surface area contributed by atoms with Gasteiger partial charge in [-0.3, -0.25) is 0 Å². The standard InChI is InChI=1S/C19H32N4S.HI/c1-4-20-19(21-10-9-16(2)3)22-15-17-5-7-18(8-6-17)23-11-13-24-14-12-23;/h5-8,16H,4,9-15H2,1-3H3,(H2,20,21,22);1H. The second-order valence-electron chi connectivity index (χ2n) is 6.57. The third-order valence-electron chi connectivity index (χ3n) is 4.09. The Morgan fingerprint density at radius 1 is 1.16 bits per heavy atom. The number of benzene rings is 1. The minimum atomic E-state index is 0. The van der Waals surface area contributed by atoms with Gasteiger partial charge in [0, 0.05) is 43.4 Å². The van der Waals surface area contributed by atoms with Crippen LogP contribution in [0.4, 0.5) is 5.69 Å². The van der Waals surface area contributed by atoms with E-state index in [4.69, 9.17) is 4.99 Å². The molecule has 4 nitrogen and oxygen atoms in total. The Morgan fingerprint density at radius 3 is 2.44 bits per heavy atom. The normalized spacial score (nSPS) is 15.0. The number of nitrogens with zero attached hydrogens (tertiary/aromatic N) is 2. The van der Waals surface area contributed by atoms with Crippen LogP contribution in [0, 0.1) is 5.92 Å². The minimum Gasteiger partial charge on any atom is -0.370 e. The number of thioether (sulfide) groups is 1. The Morgan fingerprint density at radius 2 is 1.84 bits per heavy atom. The van der Waals surface area contributed by atoms with E-state index in [9.17, 15) is 0 Å². The van der Waals surface area contributed by atoms with Crippen LogP contribution in [0.2, 0.25) is 0 Å². The van der Waals surface area contributed by atoms with Crippen molar-refractivity contribution in [2.75, 3.05) is 42.6 Å². The maximum Gasteiger partial charge on any atom is 0.191 e. The summed E-state index contributed by atoms with van der Waals surface area (Å²) in [5, 5.41) is 6.73. The lowest BCUT2D eigenvalue weighted by molar-refractivity contribution is 0.573. The van der Waals surface area contributed by atoms with Crippen molar-refractivity contribution in [3.05, 3.63) is 29.8 Å². The van der Waals surface area contributed by atoms with Gasteiger partial charge < -0.3 is 15.5 Å². The minimum absolute atomic E-state index is 0. The molecule has 1 saturated heterocycles. The summed E-state index contributed by atoms with van der Waals surface area (Å²) >= 11 is 2.05. The lowest BCUT2D eigenvalue weighted by Crippen LogP contribution is -2.38. The van der Waals surface area contributed by atoms with Crippen molar-refractivity contribution in [1.29, 1.82) is 0 Å². The highest BCUT2D eigenvalue weighted by atomic mass is 127. The summed E-state index contributed by atoms with van der Waals surface area (Å²) in [6.45, 7) is 11.5. The molecule has 2 N–H and O–H groups in total. The lowest BCUT2D eigenvalue weighted by atomic mass is 10.1. The molecule has 142 valence electrons. The van der Waals surface area contributed by atoms with Crippen molar-refractivity contribution in [3.63, 3.8) is 0 Å². The topological polar surface area (TPSA) is 39.7 Å². The van der Waals surface area contributed by atoms with E-state index >= 15 is 0 Å². The summed E-state index contributed by atoms with van der Waals surface area (Å²) in [6, 6.07) is 8.89. The van der Waals surface area contributed by atoms with E-state index in [0.717, 1.165) is 38.6 Å². The fraction of sp³-hybridized carbons (Fsp3) is 0.632. The lowest BCUT2D eigenvalue weighted by Gasteiger charge is -2.28. The highest BCUT2D eigenvalue weighted by Crippen LogP contribution is 2.20. The molecule has 2 rings (SSSR count). The van der Waals surface area contributed by atoms with Crippen molar-refractivity contribution in [2.24, 2.45) is 10.9 Å². The molecule has 0 atom stereocenters. The first kappa shape index (κ1) is 22.4. The predicted molar refractivity (Wildman–Crippen MR) is 124 cm³/mol. The molecule has 1 heterocycles. The molecule has 6 heteroatoms. The van der Waals surface area contributed by atoms with Crippen LogP contribution in [0.1, 0.15) is 32.8 Å². The number of nitrogens with one attached hydrogen (secondary N) is 2. The van der Waals surface area contributed by atoms with Crippen LogP contribution >= 0.6 is 35.7 Å². The van der Waals surface area contributed by atoms with E-state index in [-0.39, 0.29) is 24.0 Å². The molecule has 25 heavy (non-hydrogen) atoms. The zero-order valence-electron chi connectivity index (χ0n) is 15.8. The molecule has 0 spiro atoms. The van der Waals surface area contributed by atoms with E-state index in [1.165, 1.54) is 22.8 Å². The van der Waals surface area contributed by atoms with Crippen molar-refractivity contribution in [1.82, 2.24) is 10.6 Å². The molecule has 0 amide bonds. The number of halogens is 1. The summed E-state index contributed by atoms with van der Waals surface area (Å²) < 4.78 is 0. The van der Waals surface area contributed by atoms with Crippen LogP contribution in [0.25, 0.3) is 0 Å². The van der Waals surface area contributed by atoms with Gasteiger partial charge in [0.1, 0.15) is 0 Å². The zero-order valence-corrected chi connectivity index (χ0v) is 18.9. The predicted octanol–water partition coefficient (Wildman–Crippen LogP) is 3.96. The third kappa shape index (κ3) is 8.53. The molecule has 1 aliphatic rings. The number of guanidine groups is 1. The van der Waals surface area contributed by atoms with E-state index in [1.807, 2.05) is 11.8 Å². The molecular weight excluding hydrogens is 443 g/mol. The SMILES string of the molecule is CCNC(=NCc1ccc(N2CCSCC2)cc1)NCCC(C)C.I. The first-order valence-electron chi connectivity index (χ1n) is 9.13. The second kappa shape index (κ2) is 12.7. The van der Waals surface area contributed by atoms with Crippen LogP contribution in [0.3, 0.4) is 0 Å². The van der Waals surface area contributed by atoms with E-state index in [1.54, 1.807) is 0 Å². The van der Waals surface area contributed by atoms with E-state index in [2.05, 4.69) is 60.6 Å². The Kier molecular flexibility index (Phi) is 11.4. The van der Waals surface area contributed by atoms with Crippen molar-refractivity contribution in [2.45, 2.75) is 33.7 Å². The van der Waals surface area contributed by atoms with Gasteiger partial charge in [-0.05, 0) is 37.0 Å². The molecule has 0 aliphatic carbocycles. The average Bonchev–Trinajstić information content (AvgIpc) is 2.60. The fourth-order valence-corrected chi connectivity index (χ4v) is 3.53. The number of hydrogen-bond donors (Lipinski definition) is 2. The van der Waals surface area contributed by atoms with Gasteiger partial charge in [-0.15, -0.1) is 24.0 Å². The molecule has 1 aliphatic heterocycles. The average molecular weight is 476 g/mol. The van der Waals surface area contributed by atoms with Crippen molar-refractivity contribution < 1.29 is 0 Å². The van der Waals surface area contributed by atoms with Crippen LogP contribution in [-0.4, -0.2) is 43.6 Å². The molecule has 0 bridgehead atoms. The van der Waals surface area contributed by atoms with Gasteiger partial charge >= 0.3 is 0 Å². The van der Waals surface area contributed by atoms with Gasteiger partial charge in [0.05, 0.1) is 6.54 Å². The van der Waals surface area contributed by atoms with Crippen molar-refractivity contribution in [3.8, 4) is 0 Å². The zero-order chi connectivity index (χ0) is 17.2. The van der Waals surface area contributed by atoms with Gasteiger partial charge in [0.25, 0.3) is 0 Å². The monoisotopic (exact) mass is 476 g/mol. The number of anilines is 1. The summed E-state index contributed by atoms with van der Waals surface area (Å²) in [5.41, 5.74) is 2.59. The summed E-state index contributed by atoms with van der Waals surface area (Å²) in [6.07, 6.45) is 1.16. The molecule has 1 fully saturated rings. The maximum absolute atomic E-state index is 4.70. The first-order chi connectivity index (χ1) is 11.7. The van der Waals surface area contributed by atoms with Crippen LogP contribution in [0.15, 0.2) is 29.3 Å². The van der Waals surface area contributed by atoms with Gasteiger partial charge in [0.15, 0.2) is 5.96 Å². The number of rotatable bonds is 7. The first-order valence-corrected chi connectivity index (χ1v) is 10.3. The smallest absolute Gasteiger partial charge is 0.191 e. The van der Waals surface area contributed by atoms with Crippen LogP contribution in [0.5, 0.6) is 0 Å². The van der Waals surface area contributed by atoms with E-state index < -0.39 is 0 Å². The van der Waals surface area contributed by atoms with Crippen LogP contribution in [-0.2, 0) is 6.54 Å². The summed E-state index contributed by atoms with van der Waals surface area (Å²) in [4.78, 5) is 7.17. The quantitative estimate of drug-likeness (QED) is 0.355. The Bertz CT molecular complexity index is 499. The Labute approximate surface area is 174 Å². The van der Waals surface area contributed by atoms with Gasteiger partial charge in [-0.2, -0.15) is 11.8 Å². The largest absolute Gasteiger partial charge is 0.370 e. The molecule has 0 radical (unpaired) electrons. The highest BCUT2D eigenvalue weighted by molar-refractivity contribution is 14.0. The van der Waals surface area contributed by atoms with Gasteiger partial charge in [-0.1, -0.05) is 26.0 Å². The van der Waals surface area contributed by atoms with Gasteiger partial charge in [0.2, 0.25) is 0 Å². The molecule has 1 aromatic carbocycles. The Balaban J connectivity index is 0.00000312. The molecule has 0 aromatic heterocycles. The molecule has 0 unspecified atom stereocenters.